The van der Waals surface area contributed by atoms with Gasteiger partial charge in [0.25, 0.3) is 0 Å². The van der Waals surface area contributed by atoms with Crippen LogP contribution in [-0.2, 0) is 15.6 Å². The highest BCUT2D eigenvalue weighted by Crippen LogP contribution is 2.35. The maximum Gasteiger partial charge on any atom is 0.234 e. The van der Waals surface area contributed by atoms with Crippen molar-refractivity contribution in [2.24, 2.45) is 16.3 Å². The number of amides is 1. The Morgan fingerprint density at radius 3 is 2.43 bits per heavy atom. The van der Waals surface area contributed by atoms with Crippen molar-refractivity contribution >= 4 is 22.5 Å². The second kappa shape index (κ2) is 8.36. The van der Waals surface area contributed by atoms with Gasteiger partial charge < -0.3 is 16.3 Å². The van der Waals surface area contributed by atoms with Crippen LogP contribution in [0.25, 0.3) is 0 Å². The van der Waals surface area contributed by atoms with Crippen molar-refractivity contribution < 1.29 is 14.2 Å². The Bertz CT molecular complexity index is 404. The number of oxime groups is 1. The first kappa shape index (κ1) is 17.9. The molecule has 2 unspecified atom stereocenters. The van der Waals surface area contributed by atoms with Crippen LogP contribution in [0.5, 0.6) is 0 Å². The molecule has 1 saturated carbocycles. The van der Waals surface area contributed by atoms with Crippen molar-refractivity contribution in [2.75, 3.05) is 12.0 Å². The molecule has 1 aliphatic rings. The Morgan fingerprint density at radius 2 is 1.95 bits per heavy atom. The van der Waals surface area contributed by atoms with Gasteiger partial charge in [0.15, 0.2) is 5.84 Å². The third-order valence-electron chi connectivity index (χ3n) is 4.21. The minimum absolute atomic E-state index is 0.00756. The van der Waals surface area contributed by atoms with Crippen molar-refractivity contribution in [1.82, 2.24) is 5.32 Å². The molecule has 4 N–H and O–H groups in total. The lowest BCUT2D eigenvalue weighted by molar-refractivity contribution is -0.128. The maximum atomic E-state index is 12.7. The molecule has 6 nitrogen and oxygen atoms in total. The van der Waals surface area contributed by atoms with Crippen molar-refractivity contribution in [3.63, 3.8) is 0 Å². The molecule has 0 spiro atoms. The number of nitrogens with one attached hydrogen (secondary N) is 1. The Labute approximate surface area is 129 Å². The van der Waals surface area contributed by atoms with E-state index in [1.807, 2.05) is 6.92 Å². The summed E-state index contributed by atoms with van der Waals surface area (Å²) in [6, 6.07) is -0.0759. The Balaban J connectivity index is 2.78. The van der Waals surface area contributed by atoms with Gasteiger partial charge in [-0.3, -0.25) is 9.00 Å². The van der Waals surface area contributed by atoms with Crippen molar-refractivity contribution in [2.45, 2.75) is 57.9 Å². The van der Waals surface area contributed by atoms with E-state index in [0.29, 0.717) is 25.0 Å². The lowest BCUT2D eigenvalue weighted by atomic mass is 9.78. The zero-order chi connectivity index (χ0) is 15.9. The van der Waals surface area contributed by atoms with Gasteiger partial charge in [0.1, 0.15) is 5.41 Å². The predicted octanol–water partition coefficient (Wildman–Crippen LogP) is 1.35. The van der Waals surface area contributed by atoms with Gasteiger partial charge >= 0.3 is 0 Å². The molecule has 0 saturated heterocycles. The highest BCUT2D eigenvalue weighted by atomic mass is 32.2. The molecule has 0 aromatic carbocycles. The van der Waals surface area contributed by atoms with Crippen LogP contribution in [0.2, 0.25) is 0 Å². The number of carbonyl (C=O) groups is 1. The van der Waals surface area contributed by atoms with Crippen molar-refractivity contribution in [3.05, 3.63) is 0 Å². The summed E-state index contributed by atoms with van der Waals surface area (Å²) in [6.07, 6.45) is 7.46. The topological polar surface area (TPSA) is 105 Å². The first-order valence-corrected chi connectivity index (χ1v) is 9.24. The van der Waals surface area contributed by atoms with Crippen LogP contribution in [0.15, 0.2) is 5.16 Å². The molecule has 1 rings (SSSR count). The second-order valence-corrected chi connectivity index (χ2v) is 7.48. The van der Waals surface area contributed by atoms with Gasteiger partial charge in [0.05, 0.1) is 0 Å². The van der Waals surface area contributed by atoms with Crippen molar-refractivity contribution in [3.8, 4) is 0 Å². The van der Waals surface area contributed by atoms with Crippen LogP contribution in [0.3, 0.4) is 0 Å². The molecule has 7 heteroatoms. The number of carbonyl (C=O) groups excluding carboxylic acids is 1. The van der Waals surface area contributed by atoms with E-state index in [1.165, 1.54) is 0 Å². The van der Waals surface area contributed by atoms with Gasteiger partial charge in [-0.05, 0) is 26.2 Å². The first-order chi connectivity index (χ1) is 9.92. The summed E-state index contributed by atoms with van der Waals surface area (Å²) in [6.45, 7) is 1.89. The summed E-state index contributed by atoms with van der Waals surface area (Å²) in [5, 5.41) is 15.1. The van der Waals surface area contributed by atoms with Crippen LogP contribution < -0.4 is 11.1 Å². The minimum atomic E-state index is -0.898. The summed E-state index contributed by atoms with van der Waals surface area (Å²) < 4.78 is 11.1. The number of nitrogens with two attached hydrogens (primary N) is 1. The summed E-state index contributed by atoms with van der Waals surface area (Å²) in [7, 11) is -0.869. The van der Waals surface area contributed by atoms with E-state index in [-0.39, 0.29) is 17.8 Å². The molecule has 1 fully saturated rings. The third-order valence-corrected chi connectivity index (χ3v) is 5.02. The lowest BCUT2D eigenvalue weighted by Crippen LogP contribution is -2.51. The average molecular weight is 317 g/mol. The molecule has 1 aliphatic carbocycles. The lowest BCUT2D eigenvalue weighted by Gasteiger charge is -2.31. The largest absolute Gasteiger partial charge is 0.409 e. The van der Waals surface area contributed by atoms with Gasteiger partial charge in [0, 0.05) is 28.9 Å². The number of rotatable bonds is 6. The fourth-order valence-corrected chi connectivity index (χ4v) is 3.49. The fourth-order valence-electron chi connectivity index (χ4n) is 2.80. The highest BCUT2D eigenvalue weighted by molar-refractivity contribution is 7.84. The molecule has 2 atom stereocenters. The molecule has 0 radical (unpaired) electrons. The average Bonchev–Trinajstić information content (AvgIpc) is 2.71. The first-order valence-electron chi connectivity index (χ1n) is 7.51. The van der Waals surface area contributed by atoms with E-state index in [9.17, 15) is 9.00 Å². The molecule has 0 aromatic heterocycles. The molecule has 0 heterocycles. The quantitative estimate of drug-likeness (QED) is 0.226. The zero-order valence-corrected chi connectivity index (χ0v) is 13.7. The summed E-state index contributed by atoms with van der Waals surface area (Å²) >= 11 is 0. The molecular weight excluding hydrogens is 290 g/mol. The van der Waals surface area contributed by atoms with Crippen LogP contribution in [-0.4, -0.2) is 39.2 Å². The van der Waals surface area contributed by atoms with Crippen LogP contribution >= 0.6 is 0 Å². The Morgan fingerprint density at radius 1 is 1.38 bits per heavy atom. The summed E-state index contributed by atoms with van der Waals surface area (Å²) in [5.41, 5.74) is 4.94. The predicted molar refractivity (Wildman–Crippen MR) is 84.7 cm³/mol. The number of amidine groups is 1. The van der Waals surface area contributed by atoms with E-state index in [0.717, 1.165) is 25.7 Å². The standard InChI is InChI=1S/C14H27N3O3S/c1-11(7-10-21(2)20)16-13(18)14(12(15)17-19)8-5-3-4-6-9-14/h11,19H,3-10H2,1-2H3,(H2,15,17)(H,16,18). The SMILES string of the molecule is CC(CCS(C)=O)NC(=O)C1(C(N)=NO)CCCCCC1. The number of nitrogens with zero attached hydrogens (tertiary/aromatic N) is 1. The second-order valence-electron chi connectivity index (χ2n) is 5.92. The van der Waals surface area contributed by atoms with Crippen molar-refractivity contribution in [1.29, 1.82) is 0 Å². The maximum absolute atomic E-state index is 12.7. The number of hydrogen-bond acceptors (Lipinski definition) is 4. The van der Waals surface area contributed by atoms with E-state index >= 15 is 0 Å². The van der Waals surface area contributed by atoms with Gasteiger partial charge in [-0.25, -0.2) is 0 Å². The highest BCUT2D eigenvalue weighted by Gasteiger charge is 2.43. The minimum Gasteiger partial charge on any atom is -0.409 e. The van der Waals surface area contributed by atoms with Gasteiger partial charge in [0.2, 0.25) is 5.91 Å². The van der Waals surface area contributed by atoms with Crippen LogP contribution in [0, 0.1) is 5.41 Å². The van der Waals surface area contributed by atoms with Crippen LogP contribution in [0.1, 0.15) is 51.9 Å². The molecule has 122 valence electrons. The van der Waals surface area contributed by atoms with Gasteiger partial charge in [-0.15, -0.1) is 0 Å². The molecule has 0 aromatic rings. The van der Waals surface area contributed by atoms with Gasteiger partial charge in [-0.1, -0.05) is 30.8 Å². The summed E-state index contributed by atoms with van der Waals surface area (Å²) in [4.78, 5) is 12.7. The molecule has 0 aliphatic heterocycles. The normalized spacial score (nSPS) is 22.1. The Hall–Kier alpha value is -1.11. The molecule has 1 amide bonds. The van der Waals surface area contributed by atoms with Gasteiger partial charge in [-0.2, -0.15) is 0 Å². The molecular formula is C14H27N3O3S. The third kappa shape index (κ3) is 4.98. The van der Waals surface area contributed by atoms with E-state index < -0.39 is 16.2 Å². The smallest absolute Gasteiger partial charge is 0.234 e. The van der Waals surface area contributed by atoms with E-state index in [1.54, 1.807) is 6.26 Å². The summed E-state index contributed by atoms with van der Waals surface area (Å²) in [5.74, 6) is 0.389. The fraction of sp³-hybridized carbons (Fsp3) is 0.857. The van der Waals surface area contributed by atoms with E-state index in [4.69, 9.17) is 10.9 Å². The molecule has 0 bridgehead atoms. The molecule has 21 heavy (non-hydrogen) atoms. The zero-order valence-electron chi connectivity index (χ0n) is 12.9. The number of hydrogen-bond donors (Lipinski definition) is 3. The Kier molecular flexibility index (Phi) is 7.14. The monoisotopic (exact) mass is 317 g/mol. The van der Waals surface area contributed by atoms with E-state index in [2.05, 4.69) is 10.5 Å². The van der Waals surface area contributed by atoms with Crippen LogP contribution in [0.4, 0.5) is 0 Å².